The standard InChI is InChI=1S/C15H20N4O3/c1-15(2,9-16)18-13(21)11-5-3-10(4-6-11)8-19-12(20)7-17-14(19)22/h3-6H,7-9,16H2,1-2H3,(H,17,22)(H,18,21). The van der Waals surface area contributed by atoms with Gasteiger partial charge >= 0.3 is 6.03 Å². The number of imide groups is 1. The molecular formula is C15H20N4O3. The van der Waals surface area contributed by atoms with E-state index in [1.54, 1.807) is 24.3 Å². The summed E-state index contributed by atoms with van der Waals surface area (Å²) in [5.74, 6) is -0.464. The van der Waals surface area contributed by atoms with Gasteiger partial charge in [0.25, 0.3) is 5.91 Å². The van der Waals surface area contributed by atoms with Crippen LogP contribution in [0.2, 0.25) is 0 Å². The van der Waals surface area contributed by atoms with E-state index in [4.69, 9.17) is 5.73 Å². The maximum atomic E-state index is 12.1. The number of hydrogen-bond donors (Lipinski definition) is 3. The second-order valence-electron chi connectivity index (χ2n) is 5.88. The molecule has 4 amide bonds. The van der Waals surface area contributed by atoms with Gasteiger partial charge in [0.05, 0.1) is 13.1 Å². The molecule has 1 aliphatic heterocycles. The van der Waals surface area contributed by atoms with Gasteiger partial charge in [0.15, 0.2) is 0 Å². The molecule has 1 aromatic rings. The molecule has 1 aliphatic rings. The number of nitrogens with zero attached hydrogens (tertiary/aromatic N) is 1. The third-order valence-corrected chi connectivity index (χ3v) is 3.46. The molecule has 0 aliphatic carbocycles. The van der Waals surface area contributed by atoms with Gasteiger partial charge in [-0.15, -0.1) is 0 Å². The second-order valence-corrected chi connectivity index (χ2v) is 5.88. The van der Waals surface area contributed by atoms with Gasteiger partial charge in [0.2, 0.25) is 5.91 Å². The van der Waals surface area contributed by atoms with E-state index in [-0.39, 0.29) is 24.9 Å². The first-order valence-electron chi connectivity index (χ1n) is 7.02. The number of amides is 4. The van der Waals surface area contributed by atoms with Crippen LogP contribution in [0.4, 0.5) is 4.79 Å². The quantitative estimate of drug-likeness (QED) is 0.676. The molecule has 0 unspecified atom stereocenters. The van der Waals surface area contributed by atoms with E-state index >= 15 is 0 Å². The maximum absolute atomic E-state index is 12.1. The Hall–Kier alpha value is -2.41. The topological polar surface area (TPSA) is 105 Å². The van der Waals surface area contributed by atoms with E-state index in [9.17, 15) is 14.4 Å². The molecule has 4 N–H and O–H groups in total. The lowest BCUT2D eigenvalue weighted by atomic mass is 10.0. The predicted octanol–water partition coefficient (Wildman–Crippen LogP) is 0.206. The number of carbonyl (C=O) groups is 3. The molecule has 0 saturated carbocycles. The summed E-state index contributed by atoms with van der Waals surface area (Å²) in [6.07, 6.45) is 0. The Morgan fingerprint density at radius 1 is 1.32 bits per heavy atom. The minimum absolute atomic E-state index is 0.0352. The number of hydrogen-bond acceptors (Lipinski definition) is 4. The van der Waals surface area contributed by atoms with Crippen LogP contribution in [0.3, 0.4) is 0 Å². The first-order chi connectivity index (χ1) is 10.3. The number of nitrogens with one attached hydrogen (secondary N) is 2. The highest BCUT2D eigenvalue weighted by Gasteiger charge is 2.28. The molecule has 0 spiro atoms. The normalized spacial score (nSPS) is 15.0. The minimum atomic E-state index is -0.476. The number of rotatable bonds is 5. The summed E-state index contributed by atoms with van der Waals surface area (Å²) < 4.78 is 0. The van der Waals surface area contributed by atoms with Crippen LogP contribution in [-0.2, 0) is 11.3 Å². The lowest BCUT2D eigenvalue weighted by Gasteiger charge is -2.24. The zero-order chi connectivity index (χ0) is 16.3. The number of nitrogens with two attached hydrogens (primary N) is 1. The van der Waals surface area contributed by atoms with E-state index < -0.39 is 11.6 Å². The Morgan fingerprint density at radius 3 is 2.45 bits per heavy atom. The van der Waals surface area contributed by atoms with Crippen molar-refractivity contribution in [3.63, 3.8) is 0 Å². The highest BCUT2D eigenvalue weighted by molar-refractivity contribution is 6.01. The molecule has 0 aromatic heterocycles. The molecule has 7 nitrogen and oxygen atoms in total. The van der Waals surface area contributed by atoms with Crippen molar-refractivity contribution in [2.75, 3.05) is 13.1 Å². The second kappa shape index (κ2) is 6.15. The van der Waals surface area contributed by atoms with Gasteiger partial charge in [-0.05, 0) is 31.5 Å². The number of carbonyl (C=O) groups excluding carboxylic acids is 3. The Balaban J connectivity index is 2.03. The summed E-state index contributed by atoms with van der Waals surface area (Å²) in [5, 5.41) is 5.30. The van der Waals surface area contributed by atoms with Crippen LogP contribution in [0.25, 0.3) is 0 Å². The fraction of sp³-hybridized carbons (Fsp3) is 0.400. The summed E-state index contributed by atoms with van der Waals surface area (Å²) >= 11 is 0. The molecule has 1 heterocycles. The van der Waals surface area contributed by atoms with Gasteiger partial charge in [-0.1, -0.05) is 12.1 Å². The van der Waals surface area contributed by atoms with Crippen molar-refractivity contribution in [3.8, 4) is 0 Å². The number of benzene rings is 1. The zero-order valence-corrected chi connectivity index (χ0v) is 12.7. The van der Waals surface area contributed by atoms with Crippen molar-refractivity contribution in [2.24, 2.45) is 5.73 Å². The average molecular weight is 304 g/mol. The van der Waals surface area contributed by atoms with Crippen LogP contribution in [0, 0.1) is 0 Å². The SMILES string of the molecule is CC(C)(CN)NC(=O)c1ccc(CN2C(=O)CNC2=O)cc1. The van der Waals surface area contributed by atoms with Crippen LogP contribution in [-0.4, -0.2) is 41.4 Å². The summed E-state index contributed by atoms with van der Waals surface area (Å²) in [4.78, 5) is 36.2. The highest BCUT2D eigenvalue weighted by atomic mass is 16.2. The van der Waals surface area contributed by atoms with Crippen molar-refractivity contribution in [1.29, 1.82) is 0 Å². The smallest absolute Gasteiger partial charge is 0.324 e. The highest BCUT2D eigenvalue weighted by Crippen LogP contribution is 2.11. The number of urea groups is 1. The first-order valence-corrected chi connectivity index (χ1v) is 7.02. The van der Waals surface area contributed by atoms with E-state index in [1.807, 2.05) is 13.8 Å². The molecule has 2 rings (SSSR count). The Morgan fingerprint density at radius 2 is 1.95 bits per heavy atom. The third-order valence-electron chi connectivity index (χ3n) is 3.46. The summed E-state index contributed by atoms with van der Waals surface area (Å²) in [5.41, 5.74) is 6.39. The molecule has 7 heteroatoms. The molecular weight excluding hydrogens is 284 g/mol. The minimum Gasteiger partial charge on any atom is -0.346 e. The molecule has 1 aromatic carbocycles. The molecule has 1 fully saturated rings. The summed E-state index contributed by atoms with van der Waals surface area (Å²) in [6.45, 7) is 4.26. The van der Waals surface area contributed by atoms with Crippen LogP contribution in [0.1, 0.15) is 29.8 Å². The predicted molar refractivity (Wildman–Crippen MR) is 81.0 cm³/mol. The van der Waals surface area contributed by atoms with Crippen LogP contribution in [0.5, 0.6) is 0 Å². The first kappa shape index (κ1) is 16.0. The zero-order valence-electron chi connectivity index (χ0n) is 12.7. The van der Waals surface area contributed by atoms with Gasteiger partial charge < -0.3 is 16.4 Å². The van der Waals surface area contributed by atoms with Crippen LogP contribution >= 0.6 is 0 Å². The molecule has 118 valence electrons. The fourth-order valence-electron chi connectivity index (χ4n) is 1.99. The summed E-state index contributed by atoms with van der Waals surface area (Å²) in [6, 6.07) is 6.38. The average Bonchev–Trinajstić information content (AvgIpc) is 2.79. The fourth-order valence-corrected chi connectivity index (χ4v) is 1.99. The Bertz CT molecular complexity index is 579. The summed E-state index contributed by atoms with van der Waals surface area (Å²) in [7, 11) is 0. The van der Waals surface area contributed by atoms with Gasteiger partial charge in [-0.25, -0.2) is 4.79 Å². The molecule has 1 saturated heterocycles. The maximum Gasteiger partial charge on any atom is 0.324 e. The van der Waals surface area contributed by atoms with Crippen LogP contribution in [0.15, 0.2) is 24.3 Å². The van der Waals surface area contributed by atoms with Crippen LogP contribution < -0.4 is 16.4 Å². The molecule has 0 bridgehead atoms. The van der Waals surface area contributed by atoms with E-state index in [0.29, 0.717) is 12.1 Å². The van der Waals surface area contributed by atoms with E-state index in [0.717, 1.165) is 10.5 Å². The molecule has 22 heavy (non-hydrogen) atoms. The molecule has 0 radical (unpaired) electrons. The van der Waals surface area contributed by atoms with Crippen molar-refractivity contribution in [2.45, 2.75) is 25.9 Å². The Labute approximate surface area is 128 Å². The van der Waals surface area contributed by atoms with Crippen molar-refractivity contribution >= 4 is 17.8 Å². The van der Waals surface area contributed by atoms with Gasteiger partial charge in [-0.2, -0.15) is 0 Å². The van der Waals surface area contributed by atoms with Crippen molar-refractivity contribution < 1.29 is 14.4 Å². The third kappa shape index (κ3) is 3.62. The lowest BCUT2D eigenvalue weighted by Crippen LogP contribution is -2.48. The lowest BCUT2D eigenvalue weighted by molar-refractivity contribution is -0.125. The largest absolute Gasteiger partial charge is 0.346 e. The van der Waals surface area contributed by atoms with E-state index in [1.165, 1.54) is 0 Å². The Kier molecular flexibility index (Phi) is 4.46. The van der Waals surface area contributed by atoms with E-state index in [2.05, 4.69) is 10.6 Å². The van der Waals surface area contributed by atoms with Gasteiger partial charge in [-0.3, -0.25) is 14.5 Å². The van der Waals surface area contributed by atoms with Gasteiger partial charge in [0, 0.05) is 17.6 Å². The monoisotopic (exact) mass is 304 g/mol. The van der Waals surface area contributed by atoms with Gasteiger partial charge in [0.1, 0.15) is 0 Å². The molecule has 0 atom stereocenters. The van der Waals surface area contributed by atoms with Crippen molar-refractivity contribution in [3.05, 3.63) is 35.4 Å². The van der Waals surface area contributed by atoms with Crippen molar-refractivity contribution in [1.82, 2.24) is 15.5 Å².